The van der Waals surface area contributed by atoms with E-state index >= 15 is 0 Å². The van der Waals surface area contributed by atoms with Crippen LogP contribution in [0.5, 0.6) is 0 Å². The molecule has 2 heteroatoms. The maximum atomic E-state index is 2.57. The summed E-state index contributed by atoms with van der Waals surface area (Å²) in [6.45, 7) is 12.9. The van der Waals surface area contributed by atoms with Crippen molar-refractivity contribution in [3.63, 3.8) is 0 Å². The van der Waals surface area contributed by atoms with Crippen LogP contribution in [0, 0.1) is 0 Å². The molecule has 0 amide bonds. The zero-order chi connectivity index (χ0) is 20.6. The minimum Gasteiger partial charge on any atom is -0.234 e. The summed E-state index contributed by atoms with van der Waals surface area (Å²) in [4.78, 5) is 0. The monoisotopic (exact) mass is 391 g/mol. The fourth-order valence-corrected chi connectivity index (χ4v) is 4.42. The molecule has 1 heterocycles. The van der Waals surface area contributed by atoms with Crippen LogP contribution in [0.4, 0.5) is 0 Å². The Morgan fingerprint density at radius 2 is 1.21 bits per heavy atom. The largest absolute Gasteiger partial charge is 0.259 e. The molecule has 0 saturated heterocycles. The highest BCUT2D eigenvalue weighted by Crippen LogP contribution is 2.21. The van der Waals surface area contributed by atoms with Gasteiger partial charge >= 0.3 is 0 Å². The van der Waals surface area contributed by atoms with Crippen LogP contribution in [-0.2, 0) is 6.54 Å². The number of imidazole rings is 1. The van der Waals surface area contributed by atoms with Crippen molar-refractivity contribution in [2.75, 3.05) is 0 Å². The van der Waals surface area contributed by atoms with E-state index in [1.54, 1.807) is 0 Å². The molecule has 0 aliphatic carbocycles. The van der Waals surface area contributed by atoms with Crippen molar-refractivity contribution in [3.8, 4) is 0 Å². The molecule has 0 aliphatic rings. The second kappa shape index (κ2) is 16.1. The van der Waals surface area contributed by atoms with Gasteiger partial charge in [0.1, 0.15) is 12.4 Å². The molecule has 0 aromatic carbocycles. The van der Waals surface area contributed by atoms with Crippen LogP contribution in [-0.4, -0.2) is 4.57 Å². The summed E-state index contributed by atoms with van der Waals surface area (Å²) in [7, 11) is 0. The van der Waals surface area contributed by atoms with E-state index in [2.05, 4.69) is 56.1 Å². The van der Waals surface area contributed by atoms with Crippen molar-refractivity contribution in [2.45, 2.75) is 149 Å². The molecule has 1 unspecified atom stereocenters. The lowest BCUT2D eigenvalue weighted by atomic mass is 10.1. The molecule has 2 nitrogen and oxygen atoms in total. The van der Waals surface area contributed by atoms with Gasteiger partial charge in [-0.05, 0) is 32.6 Å². The van der Waals surface area contributed by atoms with Crippen LogP contribution < -0.4 is 4.57 Å². The van der Waals surface area contributed by atoms with Crippen molar-refractivity contribution in [3.05, 3.63) is 18.2 Å². The predicted octanol–water partition coefficient (Wildman–Crippen LogP) is 8.35. The first-order valence-corrected chi connectivity index (χ1v) is 12.7. The summed E-state index contributed by atoms with van der Waals surface area (Å²) in [5, 5.41) is 0. The Morgan fingerprint density at radius 1 is 0.714 bits per heavy atom. The van der Waals surface area contributed by atoms with Crippen molar-refractivity contribution in [2.24, 2.45) is 0 Å². The number of hydrogen-bond donors (Lipinski definition) is 0. The first-order valence-electron chi connectivity index (χ1n) is 12.7. The maximum absolute atomic E-state index is 2.57. The van der Waals surface area contributed by atoms with Crippen LogP contribution >= 0.6 is 0 Å². The molecule has 164 valence electrons. The molecule has 0 aliphatic heterocycles. The number of aryl methyl sites for hydroxylation is 1. The number of aromatic nitrogens is 2. The summed E-state index contributed by atoms with van der Waals surface area (Å²) in [6, 6.07) is 0.628. The van der Waals surface area contributed by atoms with Gasteiger partial charge in [-0.3, -0.25) is 0 Å². The lowest BCUT2D eigenvalue weighted by molar-refractivity contribution is -0.705. The standard InChI is InChI=1S/C26H51N2/c1-6-8-10-12-13-14-15-17-19-21-27-22-23-28(26(27)24(3)4)25(5)20-18-16-11-9-7-2/h22-25H,6-21H2,1-5H3/q+1. The Balaban J connectivity index is 2.36. The van der Waals surface area contributed by atoms with Crippen molar-refractivity contribution in [1.82, 2.24) is 4.57 Å². The number of rotatable bonds is 18. The van der Waals surface area contributed by atoms with Gasteiger partial charge in [0, 0.05) is 0 Å². The zero-order valence-electron chi connectivity index (χ0n) is 20.0. The van der Waals surface area contributed by atoms with Crippen LogP contribution in [0.2, 0.25) is 0 Å². The van der Waals surface area contributed by atoms with E-state index in [9.17, 15) is 0 Å². The summed E-state index contributed by atoms with van der Waals surface area (Å²) in [5.41, 5.74) is 0. The Hall–Kier alpha value is -0.790. The molecule has 0 spiro atoms. The third-order valence-electron chi connectivity index (χ3n) is 6.19. The third-order valence-corrected chi connectivity index (χ3v) is 6.19. The van der Waals surface area contributed by atoms with Crippen LogP contribution in [0.15, 0.2) is 12.4 Å². The Kier molecular flexibility index (Phi) is 14.5. The predicted molar refractivity (Wildman–Crippen MR) is 124 cm³/mol. The number of unbranched alkanes of at least 4 members (excludes halogenated alkanes) is 12. The number of nitrogens with zero attached hydrogens (tertiary/aromatic N) is 2. The highest BCUT2D eigenvalue weighted by Gasteiger charge is 2.23. The van der Waals surface area contributed by atoms with Crippen molar-refractivity contribution >= 4 is 0 Å². The van der Waals surface area contributed by atoms with Gasteiger partial charge in [-0.15, -0.1) is 0 Å². The Morgan fingerprint density at radius 3 is 1.75 bits per heavy atom. The summed E-state index contributed by atoms with van der Waals surface area (Å²) in [5.74, 6) is 2.12. The second-order valence-corrected chi connectivity index (χ2v) is 9.29. The van der Waals surface area contributed by atoms with Crippen molar-refractivity contribution in [1.29, 1.82) is 0 Å². The minimum atomic E-state index is 0.594. The highest BCUT2D eigenvalue weighted by atomic mass is 15.2. The SMILES string of the molecule is CCCCCCCCCCC[n+]1ccn(C(C)CCCCCCC)c1C(C)C. The fourth-order valence-electron chi connectivity index (χ4n) is 4.42. The van der Waals surface area contributed by atoms with Gasteiger partial charge < -0.3 is 0 Å². The van der Waals surface area contributed by atoms with Crippen LogP contribution in [0.3, 0.4) is 0 Å². The van der Waals surface area contributed by atoms with Crippen molar-refractivity contribution < 1.29 is 4.57 Å². The van der Waals surface area contributed by atoms with E-state index in [0.29, 0.717) is 12.0 Å². The quantitative estimate of drug-likeness (QED) is 0.175. The first kappa shape index (κ1) is 25.2. The van der Waals surface area contributed by atoms with Gasteiger partial charge in [0.25, 0.3) is 5.82 Å². The zero-order valence-corrected chi connectivity index (χ0v) is 20.0. The lowest BCUT2D eigenvalue weighted by Crippen LogP contribution is -2.38. The molecule has 0 bridgehead atoms. The van der Waals surface area contributed by atoms with Gasteiger partial charge in [-0.25, -0.2) is 9.13 Å². The maximum Gasteiger partial charge on any atom is 0.259 e. The van der Waals surface area contributed by atoms with E-state index in [1.807, 2.05) is 0 Å². The Labute approximate surface area is 177 Å². The molecule has 1 atom stereocenters. The molecule has 1 aromatic rings. The van der Waals surface area contributed by atoms with Gasteiger partial charge in [-0.2, -0.15) is 0 Å². The summed E-state index contributed by atoms with van der Waals surface area (Å²) >= 11 is 0. The van der Waals surface area contributed by atoms with E-state index in [-0.39, 0.29) is 0 Å². The highest BCUT2D eigenvalue weighted by molar-refractivity contribution is 4.92. The number of hydrogen-bond acceptors (Lipinski definition) is 0. The minimum absolute atomic E-state index is 0.594. The van der Waals surface area contributed by atoms with Gasteiger partial charge in [0.2, 0.25) is 0 Å². The van der Waals surface area contributed by atoms with E-state index in [1.165, 1.54) is 109 Å². The van der Waals surface area contributed by atoms with Gasteiger partial charge in [-0.1, -0.05) is 98.3 Å². The lowest BCUT2D eigenvalue weighted by Gasteiger charge is -2.14. The molecule has 1 rings (SSSR count). The molecule has 0 saturated carbocycles. The average molecular weight is 392 g/mol. The second-order valence-electron chi connectivity index (χ2n) is 9.29. The van der Waals surface area contributed by atoms with Crippen LogP contribution in [0.1, 0.15) is 149 Å². The third kappa shape index (κ3) is 10.1. The average Bonchev–Trinajstić information content (AvgIpc) is 3.10. The van der Waals surface area contributed by atoms with E-state index in [0.717, 1.165) is 0 Å². The van der Waals surface area contributed by atoms with E-state index in [4.69, 9.17) is 0 Å². The first-order chi connectivity index (χ1) is 13.6. The van der Waals surface area contributed by atoms with Gasteiger partial charge in [0.15, 0.2) is 0 Å². The molecule has 0 N–H and O–H groups in total. The smallest absolute Gasteiger partial charge is 0.234 e. The molecule has 1 aromatic heterocycles. The normalized spacial score (nSPS) is 12.8. The molecular formula is C26H51N2+. The summed E-state index contributed by atoms with van der Waals surface area (Å²) in [6.07, 6.45) is 25.6. The molecule has 0 fully saturated rings. The molecule has 28 heavy (non-hydrogen) atoms. The van der Waals surface area contributed by atoms with E-state index < -0.39 is 0 Å². The van der Waals surface area contributed by atoms with Gasteiger partial charge in [0.05, 0.1) is 18.5 Å². The summed E-state index contributed by atoms with van der Waals surface area (Å²) < 4.78 is 5.11. The molecule has 0 radical (unpaired) electrons. The molecular weight excluding hydrogens is 340 g/mol. The topological polar surface area (TPSA) is 8.81 Å². The fraction of sp³-hybridized carbons (Fsp3) is 0.885. The van der Waals surface area contributed by atoms with Crippen LogP contribution in [0.25, 0.3) is 0 Å². The Bertz CT molecular complexity index is 475.